The second kappa shape index (κ2) is 7.86. The highest BCUT2D eigenvalue weighted by Crippen LogP contribution is 2.26. The van der Waals surface area contributed by atoms with E-state index in [1.165, 1.54) is 25.1 Å². The van der Waals surface area contributed by atoms with Gasteiger partial charge in [-0.05, 0) is 25.1 Å². The van der Waals surface area contributed by atoms with E-state index in [0.717, 1.165) is 11.3 Å². The topological polar surface area (TPSA) is 152 Å². The zero-order valence-corrected chi connectivity index (χ0v) is 17.2. The van der Waals surface area contributed by atoms with Crippen LogP contribution in [0.4, 0.5) is 10.6 Å². The molecule has 2 amide bonds. The quantitative estimate of drug-likeness (QED) is 0.613. The van der Waals surface area contributed by atoms with Gasteiger partial charge in [0.05, 0.1) is 27.2 Å². The first-order valence-corrected chi connectivity index (χ1v) is 10.8. The molecule has 3 heterocycles. The van der Waals surface area contributed by atoms with Crippen LogP contribution in [0.5, 0.6) is 0 Å². The highest BCUT2D eigenvalue weighted by atomic mass is 35.5. The van der Waals surface area contributed by atoms with Crippen LogP contribution in [0.15, 0.2) is 22.4 Å². The molecule has 0 saturated carbocycles. The lowest BCUT2D eigenvalue weighted by Gasteiger charge is -2.40. The van der Waals surface area contributed by atoms with Gasteiger partial charge >= 0.3 is 12.0 Å². The molecule has 13 heteroatoms. The average molecular weight is 456 g/mol. The Morgan fingerprint density at radius 1 is 1.41 bits per heavy atom. The van der Waals surface area contributed by atoms with E-state index in [9.17, 15) is 23.3 Å². The van der Waals surface area contributed by atoms with Crippen molar-refractivity contribution in [3.63, 3.8) is 0 Å². The summed E-state index contributed by atoms with van der Waals surface area (Å²) in [5.41, 5.74) is 0.313. The lowest BCUT2D eigenvalue weighted by Crippen LogP contribution is -2.61. The van der Waals surface area contributed by atoms with E-state index in [2.05, 4.69) is 10.3 Å². The molecule has 0 atom stereocenters. The molecule has 0 spiro atoms. The predicted octanol–water partition coefficient (Wildman–Crippen LogP) is 1.55. The molecule has 1 fully saturated rings. The minimum Gasteiger partial charge on any atom is -0.478 e. The molecule has 1 aliphatic heterocycles. The first-order chi connectivity index (χ1) is 13.6. The number of urea groups is 1. The second-order valence-corrected chi connectivity index (χ2v) is 9.77. The first kappa shape index (κ1) is 20.8. The van der Waals surface area contributed by atoms with Crippen molar-refractivity contribution in [3.05, 3.63) is 39.4 Å². The number of aryl methyl sites for hydroxylation is 1. The fraction of sp³-hybridized carbons (Fsp3) is 0.250. The van der Waals surface area contributed by atoms with Crippen LogP contribution in [-0.4, -0.2) is 49.6 Å². The third-order valence-corrected chi connectivity index (χ3v) is 7.15. The Bertz CT molecular complexity index is 1140. The van der Waals surface area contributed by atoms with E-state index >= 15 is 0 Å². The average Bonchev–Trinajstić information content (AvgIpc) is 3.04. The molecule has 29 heavy (non-hydrogen) atoms. The number of amides is 2. The zero-order valence-electron chi connectivity index (χ0n) is 14.8. The van der Waals surface area contributed by atoms with Crippen molar-refractivity contribution < 1.29 is 23.1 Å². The van der Waals surface area contributed by atoms with Crippen molar-refractivity contribution in [2.45, 2.75) is 17.2 Å². The number of aromatic nitrogens is 1. The molecule has 0 aromatic carbocycles. The van der Waals surface area contributed by atoms with Gasteiger partial charge in [0, 0.05) is 13.1 Å². The summed E-state index contributed by atoms with van der Waals surface area (Å²) in [4.78, 5) is 29.1. The number of sulfonamides is 1. The number of anilines is 1. The Morgan fingerprint density at radius 2 is 2.10 bits per heavy atom. The Labute approximate surface area is 174 Å². The van der Waals surface area contributed by atoms with Crippen LogP contribution in [-0.2, 0) is 10.0 Å². The largest absolute Gasteiger partial charge is 0.478 e. The number of carbonyl (C=O) groups excluding carboxylic acids is 1. The third-order valence-electron chi connectivity index (χ3n) is 4.10. The fourth-order valence-corrected chi connectivity index (χ4v) is 5.10. The molecule has 3 N–H and O–H groups in total. The van der Waals surface area contributed by atoms with Crippen LogP contribution in [0.1, 0.15) is 21.6 Å². The van der Waals surface area contributed by atoms with Gasteiger partial charge in [-0.1, -0.05) is 11.6 Å². The zero-order chi connectivity index (χ0) is 21.3. The highest BCUT2D eigenvalue weighted by molar-refractivity contribution is 7.92. The number of carboxylic acid groups (broad SMARTS) is 1. The number of rotatable bonds is 5. The number of halogens is 1. The number of carbonyl (C=O) groups is 2. The number of thiophene rings is 1. The van der Waals surface area contributed by atoms with Crippen LogP contribution >= 0.6 is 22.9 Å². The van der Waals surface area contributed by atoms with Gasteiger partial charge in [0.1, 0.15) is 16.1 Å². The standard InChI is InChI=1S/C16H14ClN5O5S2/c1-8-11(15(23)24)4-9(5-18)14(19-8)22-6-10(7-22)20-16(25)21-29(26,27)13-3-2-12(17)28-13/h2-4,10H,6-7H2,1H3,(H,23,24)(H2,20,21,25). The van der Waals surface area contributed by atoms with Crippen LogP contribution < -0.4 is 14.9 Å². The van der Waals surface area contributed by atoms with Crippen LogP contribution in [0.2, 0.25) is 4.34 Å². The highest BCUT2D eigenvalue weighted by Gasteiger charge is 2.32. The molecule has 10 nitrogen and oxygen atoms in total. The van der Waals surface area contributed by atoms with Crippen molar-refractivity contribution in [1.29, 1.82) is 5.26 Å². The smallest absolute Gasteiger partial charge is 0.337 e. The molecule has 1 aliphatic rings. The molecular weight excluding hydrogens is 442 g/mol. The van der Waals surface area contributed by atoms with Gasteiger partial charge in [-0.3, -0.25) is 0 Å². The van der Waals surface area contributed by atoms with E-state index in [0.29, 0.717) is 5.82 Å². The lowest BCUT2D eigenvalue weighted by atomic mass is 10.1. The van der Waals surface area contributed by atoms with E-state index in [1.54, 1.807) is 4.90 Å². The van der Waals surface area contributed by atoms with Gasteiger partial charge in [0.15, 0.2) is 0 Å². The molecule has 2 aromatic heterocycles. The number of carboxylic acids is 1. The number of nitriles is 1. The van der Waals surface area contributed by atoms with E-state index in [-0.39, 0.29) is 44.5 Å². The van der Waals surface area contributed by atoms with Gasteiger partial charge in [0.25, 0.3) is 10.0 Å². The van der Waals surface area contributed by atoms with E-state index in [4.69, 9.17) is 16.7 Å². The lowest BCUT2D eigenvalue weighted by molar-refractivity contribution is 0.0695. The summed E-state index contributed by atoms with van der Waals surface area (Å²) in [6, 6.07) is 4.63. The molecule has 0 aliphatic carbocycles. The maximum atomic E-state index is 12.1. The normalized spacial score (nSPS) is 14.0. The number of hydrogen-bond acceptors (Lipinski definition) is 8. The Balaban J connectivity index is 1.62. The van der Waals surface area contributed by atoms with Crippen LogP contribution in [0.25, 0.3) is 0 Å². The Kier molecular flexibility index (Phi) is 5.65. The number of hydrogen-bond donors (Lipinski definition) is 3. The van der Waals surface area contributed by atoms with Crippen molar-refractivity contribution in [2.24, 2.45) is 0 Å². The van der Waals surface area contributed by atoms with Crippen molar-refractivity contribution in [3.8, 4) is 6.07 Å². The molecule has 0 bridgehead atoms. The number of nitrogens with one attached hydrogen (secondary N) is 2. The Hall–Kier alpha value is -2.88. The Morgan fingerprint density at radius 3 is 2.66 bits per heavy atom. The van der Waals surface area contributed by atoms with Crippen LogP contribution in [0, 0.1) is 18.3 Å². The van der Waals surface area contributed by atoms with Crippen molar-refractivity contribution >= 4 is 50.8 Å². The molecule has 0 radical (unpaired) electrons. The number of nitrogens with zero attached hydrogens (tertiary/aromatic N) is 3. The van der Waals surface area contributed by atoms with Gasteiger partial charge in [-0.25, -0.2) is 27.7 Å². The summed E-state index contributed by atoms with van der Waals surface area (Å²) >= 11 is 6.54. The molecular formula is C16H14ClN5O5S2. The van der Waals surface area contributed by atoms with E-state index in [1.807, 2.05) is 10.8 Å². The molecule has 2 aromatic rings. The maximum Gasteiger partial charge on any atom is 0.337 e. The number of pyridine rings is 1. The molecule has 152 valence electrons. The first-order valence-electron chi connectivity index (χ1n) is 8.09. The molecule has 3 rings (SSSR count). The number of aromatic carboxylic acids is 1. The molecule has 0 unspecified atom stereocenters. The summed E-state index contributed by atoms with van der Waals surface area (Å²) in [5.74, 6) is -0.861. The van der Waals surface area contributed by atoms with Gasteiger partial charge in [0.2, 0.25) is 0 Å². The SMILES string of the molecule is Cc1nc(N2CC(NC(=O)NS(=O)(=O)c3ccc(Cl)s3)C2)c(C#N)cc1C(=O)O. The summed E-state index contributed by atoms with van der Waals surface area (Å²) < 4.78 is 26.3. The van der Waals surface area contributed by atoms with Crippen LogP contribution in [0.3, 0.4) is 0 Å². The van der Waals surface area contributed by atoms with Crippen molar-refractivity contribution in [2.75, 3.05) is 18.0 Å². The van der Waals surface area contributed by atoms with E-state index < -0.39 is 22.0 Å². The summed E-state index contributed by atoms with van der Waals surface area (Å²) in [5, 5.41) is 20.9. The summed E-state index contributed by atoms with van der Waals surface area (Å²) in [7, 11) is -4.02. The minimum atomic E-state index is -4.02. The monoisotopic (exact) mass is 455 g/mol. The summed E-state index contributed by atoms with van der Waals surface area (Å²) in [6.45, 7) is 2.09. The third kappa shape index (κ3) is 4.42. The second-order valence-electron chi connectivity index (χ2n) is 6.15. The maximum absolute atomic E-state index is 12.1. The van der Waals surface area contributed by atoms with Gasteiger partial charge in [-0.15, -0.1) is 11.3 Å². The van der Waals surface area contributed by atoms with Crippen molar-refractivity contribution in [1.82, 2.24) is 15.0 Å². The fourth-order valence-electron chi connectivity index (χ4n) is 2.70. The minimum absolute atomic E-state index is 0.0567. The molecule has 1 saturated heterocycles. The summed E-state index contributed by atoms with van der Waals surface area (Å²) in [6.07, 6.45) is 0. The predicted molar refractivity (Wildman–Crippen MR) is 105 cm³/mol. The van der Waals surface area contributed by atoms with Gasteiger partial charge < -0.3 is 15.3 Å². The van der Waals surface area contributed by atoms with Gasteiger partial charge in [-0.2, -0.15) is 5.26 Å².